The molecule has 0 unspecified atom stereocenters. The summed E-state index contributed by atoms with van der Waals surface area (Å²) in [7, 11) is 0. The summed E-state index contributed by atoms with van der Waals surface area (Å²) in [5.74, 6) is -1.16. The fourth-order valence-corrected chi connectivity index (χ4v) is 1.50. The Hall–Kier alpha value is -3.17. The highest BCUT2D eigenvalue weighted by Crippen LogP contribution is 2.09. The molecule has 0 saturated carbocycles. The van der Waals surface area contributed by atoms with Gasteiger partial charge in [-0.1, -0.05) is 36.4 Å². The molecule has 5 nitrogen and oxygen atoms in total. The maximum absolute atomic E-state index is 11.7. The predicted molar refractivity (Wildman–Crippen MR) is 72.9 cm³/mol. The maximum atomic E-state index is 11.7. The molecule has 2 aromatic carbocycles. The van der Waals surface area contributed by atoms with Gasteiger partial charge in [0.15, 0.2) is 0 Å². The topological polar surface area (TPSA) is 69.7 Å². The van der Waals surface area contributed by atoms with Crippen LogP contribution in [0.2, 0.25) is 0 Å². The van der Waals surface area contributed by atoms with Crippen molar-refractivity contribution in [2.75, 3.05) is 0 Å². The molecule has 0 amide bonds. The summed E-state index contributed by atoms with van der Waals surface area (Å²) in [6.45, 7) is 0. The van der Waals surface area contributed by atoms with Crippen molar-refractivity contribution in [2.45, 2.75) is 0 Å². The van der Waals surface area contributed by atoms with Crippen LogP contribution in [0.5, 0.6) is 0 Å². The van der Waals surface area contributed by atoms with Gasteiger partial charge in [0.1, 0.15) is 0 Å². The van der Waals surface area contributed by atoms with E-state index < -0.39 is 17.9 Å². The third-order valence-corrected chi connectivity index (χ3v) is 2.47. The highest BCUT2D eigenvalue weighted by Gasteiger charge is 2.16. The normalized spacial score (nSPS) is 9.33. The van der Waals surface area contributed by atoms with Gasteiger partial charge in [-0.25, -0.2) is 14.4 Å². The van der Waals surface area contributed by atoms with Crippen molar-refractivity contribution in [3.05, 3.63) is 77.7 Å². The van der Waals surface area contributed by atoms with Crippen LogP contribution in [0.1, 0.15) is 20.7 Å². The van der Waals surface area contributed by atoms with E-state index in [-0.39, 0.29) is 11.1 Å². The van der Waals surface area contributed by atoms with Crippen molar-refractivity contribution in [3.8, 4) is 0 Å². The third kappa shape index (κ3) is 3.89. The van der Waals surface area contributed by atoms with E-state index in [2.05, 4.69) is 9.47 Å². The molecule has 5 heteroatoms. The summed E-state index contributed by atoms with van der Waals surface area (Å²) in [6, 6.07) is 16.0. The number of esters is 2. The van der Waals surface area contributed by atoms with E-state index in [1.54, 1.807) is 36.4 Å². The molecular weight excluding hydrogens is 272 g/mol. The van der Waals surface area contributed by atoms with E-state index in [1.807, 2.05) is 0 Å². The molecule has 0 N–H and O–H groups in total. The number of carbonyl (C=O) groups is 2. The molecule has 104 valence electrons. The number of rotatable bonds is 4. The SMILES string of the molecule is O=C=C(OC(=O)c1ccccc1)OC(=O)c1ccccc1. The van der Waals surface area contributed by atoms with Crippen LogP contribution in [0.3, 0.4) is 0 Å². The molecule has 0 aliphatic rings. The largest absolute Gasteiger partial charge is 0.386 e. The fraction of sp³-hybridized carbons (Fsp3) is 0. The van der Waals surface area contributed by atoms with Gasteiger partial charge >= 0.3 is 17.9 Å². The number of benzene rings is 2. The van der Waals surface area contributed by atoms with Gasteiger partial charge in [0, 0.05) is 0 Å². The van der Waals surface area contributed by atoms with Crippen molar-refractivity contribution in [3.63, 3.8) is 0 Å². The standard InChI is InChI=1S/C16H10O5/c17-11-14(20-15(18)12-7-3-1-4-8-12)21-16(19)13-9-5-2-6-10-13/h1-10H. The molecule has 21 heavy (non-hydrogen) atoms. The molecule has 0 saturated heterocycles. The monoisotopic (exact) mass is 282 g/mol. The molecule has 0 aliphatic heterocycles. The second-order valence-corrected chi connectivity index (χ2v) is 3.90. The van der Waals surface area contributed by atoms with Crippen LogP contribution in [0.25, 0.3) is 0 Å². The van der Waals surface area contributed by atoms with Crippen LogP contribution in [0.15, 0.2) is 66.6 Å². The Kier molecular flexibility index (Phi) is 4.64. The van der Waals surface area contributed by atoms with Gasteiger partial charge in [-0.2, -0.15) is 0 Å². The summed E-state index contributed by atoms with van der Waals surface area (Å²) in [4.78, 5) is 34.2. The Morgan fingerprint density at radius 3 is 1.43 bits per heavy atom. The van der Waals surface area contributed by atoms with Gasteiger partial charge in [0.25, 0.3) is 0 Å². The first-order valence-corrected chi connectivity index (χ1v) is 6.00. The quantitative estimate of drug-likeness (QED) is 0.489. The molecule has 0 radical (unpaired) electrons. The predicted octanol–water partition coefficient (Wildman–Crippen LogP) is 2.37. The zero-order valence-corrected chi connectivity index (χ0v) is 10.8. The molecule has 0 atom stereocenters. The average Bonchev–Trinajstić information content (AvgIpc) is 2.55. The maximum Gasteiger partial charge on any atom is 0.386 e. The summed E-state index contributed by atoms with van der Waals surface area (Å²) < 4.78 is 9.38. The van der Waals surface area contributed by atoms with Crippen molar-refractivity contribution in [2.24, 2.45) is 0 Å². The Bertz CT molecular complexity index is 630. The Balaban J connectivity index is 2.03. The van der Waals surface area contributed by atoms with E-state index in [0.29, 0.717) is 0 Å². The Labute approximate surface area is 120 Å². The average molecular weight is 282 g/mol. The zero-order chi connectivity index (χ0) is 15.1. The lowest BCUT2D eigenvalue weighted by atomic mass is 10.2. The van der Waals surface area contributed by atoms with Crippen molar-refractivity contribution < 1.29 is 23.9 Å². The number of hydrogen-bond acceptors (Lipinski definition) is 5. The first-order chi connectivity index (χ1) is 10.2. The first-order valence-electron chi connectivity index (χ1n) is 6.00. The number of ether oxygens (including phenoxy) is 2. The second-order valence-electron chi connectivity index (χ2n) is 3.90. The lowest BCUT2D eigenvalue weighted by Gasteiger charge is -2.05. The molecule has 2 rings (SSSR count). The van der Waals surface area contributed by atoms with Gasteiger partial charge in [-0.05, 0) is 24.3 Å². The van der Waals surface area contributed by atoms with E-state index in [4.69, 9.17) is 0 Å². The van der Waals surface area contributed by atoms with Crippen LogP contribution >= 0.6 is 0 Å². The van der Waals surface area contributed by atoms with Crippen LogP contribution in [-0.4, -0.2) is 17.9 Å². The van der Waals surface area contributed by atoms with Gasteiger partial charge in [-0.15, -0.1) is 0 Å². The minimum Gasteiger partial charge on any atom is -0.380 e. The Morgan fingerprint density at radius 2 is 1.10 bits per heavy atom. The summed E-state index contributed by atoms with van der Waals surface area (Å²) >= 11 is 0. The van der Waals surface area contributed by atoms with Gasteiger partial charge < -0.3 is 9.47 Å². The van der Waals surface area contributed by atoms with Crippen molar-refractivity contribution in [1.29, 1.82) is 0 Å². The lowest BCUT2D eigenvalue weighted by molar-refractivity contribution is 0.0251. The van der Waals surface area contributed by atoms with Crippen LogP contribution in [0.4, 0.5) is 0 Å². The van der Waals surface area contributed by atoms with Gasteiger partial charge in [0.2, 0.25) is 5.94 Å². The van der Waals surface area contributed by atoms with Gasteiger partial charge in [0.05, 0.1) is 11.1 Å². The highest BCUT2D eigenvalue weighted by molar-refractivity contribution is 5.92. The van der Waals surface area contributed by atoms with Crippen LogP contribution < -0.4 is 0 Å². The first kappa shape index (κ1) is 14.2. The zero-order valence-electron chi connectivity index (χ0n) is 10.8. The van der Waals surface area contributed by atoms with E-state index in [0.717, 1.165) is 0 Å². The summed E-state index contributed by atoms with van der Waals surface area (Å²) in [5.41, 5.74) is 0.446. The molecule has 0 spiro atoms. The molecule has 0 aliphatic carbocycles. The molecule has 0 bridgehead atoms. The van der Waals surface area contributed by atoms with E-state index >= 15 is 0 Å². The molecule has 0 fully saturated rings. The third-order valence-electron chi connectivity index (χ3n) is 2.47. The van der Waals surface area contributed by atoms with Crippen molar-refractivity contribution in [1.82, 2.24) is 0 Å². The molecule has 0 heterocycles. The lowest BCUT2D eigenvalue weighted by Crippen LogP contribution is -2.12. The minimum absolute atomic E-state index is 0.223. The molecule has 2 aromatic rings. The fourth-order valence-electron chi connectivity index (χ4n) is 1.50. The Morgan fingerprint density at radius 1 is 0.714 bits per heavy atom. The van der Waals surface area contributed by atoms with E-state index in [1.165, 1.54) is 30.2 Å². The minimum atomic E-state index is -0.822. The van der Waals surface area contributed by atoms with Gasteiger partial charge in [-0.3, -0.25) is 0 Å². The number of carbonyl (C=O) groups excluding carboxylic acids is 3. The number of hydrogen-bond donors (Lipinski definition) is 0. The summed E-state index contributed by atoms with van der Waals surface area (Å²) in [6.07, 6.45) is 0. The second kappa shape index (κ2) is 6.84. The van der Waals surface area contributed by atoms with Crippen LogP contribution in [-0.2, 0) is 14.3 Å². The smallest absolute Gasteiger partial charge is 0.380 e. The highest BCUT2D eigenvalue weighted by atomic mass is 16.7. The molecular formula is C16H10O5. The van der Waals surface area contributed by atoms with Crippen LogP contribution in [0, 0.1) is 0 Å². The van der Waals surface area contributed by atoms with Crippen molar-refractivity contribution >= 4 is 17.9 Å². The molecule has 0 aromatic heterocycles. The van der Waals surface area contributed by atoms with E-state index in [9.17, 15) is 14.4 Å². The summed E-state index contributed by atoms with van der Waals surface area (Å²) in [5, 5.41) is 0.